The van der Waals surface area contributed by atoms with Crippen LogP contribution in [0.15, 0.2) is 140 Å². The molecule has 0 radical (unpaired) electrons. The highest BCUT2D eigenvalue weighted by Gasteiger charge is 2.23. The van der Waals surface area contributed by atoms with Gasteiger partial charge in [0.1, 0.15) is 23.3 Å². The standard InChI is InChI=1S/C55H38N10/c1-31-25-36(30-56)15-20-41(31)37-16-21-52(64-48-13-9-7-11-42(48)44-27-38(17-22-50(44)64)54-60-32(2)58-33(3)61-54)46(26-37)47-29-40(57-6)19-24-53(47)65-49-14-10-8-12-43(49)45-28-39(18-23-51(45)65)55-62-34(4)59-35(5)63-55/h7-29H,1-5H3. The lowest BCUT2D eigenvalue weighted by Gasteiger charge is -2.20. The summed E-state index contributed by atoms with van der Waals surface area (Å²) in [5.41, 5.74) is 13.7. The Morgan fingerprint density at radius 3 is 1.43 bits per heavy atom. The van der Waals surface area contributed by atoms with Crippen molar-refractivity contribution in [3.8, 4) is 62.5 Å². The lowest BCUT2D eigenvalue weighted by molar-refractivity contribution is 0.928. The number of aryl methyl sites for hydroxylation is 5. The van der Waals surface area contributed by atoms with Gasteiger partial charge in [-0.1, -0.05) is 54.6 Å². The van der Waals surface area contributed by atoms with Crippen LogP contribution in [-0.4, -0.2) is 39.0 Å². The van der Waals surface area contributed by atoms with Crippen LogP contribution in [0.2, 0.25) is 0 Å². The summed E-state index contributed by atoms with van der Waals surface area (Å²) < 4.78 is 4.63. The number of hydrogen-bond donors (Lipinski definition) is 0. The molecule has 4 heterocycles. The molecule has 0 unspecified atom stereocenters. The van der Waals surface area contributed by atoms with E-state index in [2.05, 4.69) is 139 Å². The summed E-state index contributed by atoms with van der Waals surface area (Å²) in [6.07, 6.45) is 0. The number of nitriles is 1. The normalized spacial score (nSPS) is 11.4. The molecule has 0 N–H and O–H groups in total. The highest BCUT2D eigenvalue weighted by atomic mass is 15.0. The molecule has 0 bridgehead atoms. The molecule has 0 saturated heterocycles. The maximum absolute atomic E-state index is 9.76. The Balaban J connectivity index is 1.21. The van der Waals surface area contributed by atoms with Gasteiger partial charge in [-0.2, -0.15) is 5.26 Å². The molecule has 308 valence electrons. The van der Waals surface area contributed by atoms with Crippen LogP contribution in [0.4, 0.5) is 5.69 Å². The number of hydrogen-bond acceptors (Lipinski definition) is 7. The molecule has 11 rings (SSSR count). The smallest absolute Gasteiger partial charge is 0.188 e. The Morgan fingerprint density at radius 2 is 0.923 bits per heavy atom. The van der Waals surface area contributed by atoms with Crippen LogP contribution >= 0.6 is 0 Å². The molecule has 65 heavy (non-hydrogen) atoms. The molecule has 0 aliphatic rings. The minimum absolute atomic E-state index is 0.521. The average Bonchev–Trinajstić information content (AvgIpc) is 3.82. The lowest BCUT2D eigenvalue weighted by atomic mass is 9.93. The van der Waals surface area contributed by atoms with E-state index in [-0.39, 0.29) is 0 Å². The van der Waals surface area contributed by atoms with Crippen molar-refractivity contribution >= 4 is 49.3 Å². The van der Waals surface area contributed by atoms with Crippen LogP contribution in [-0.2, 0) is 0 Å². The molecule has 0 saturated carbocycles. The molecule has 0 atom stereocenters. The Labute approximate surface area is 374 Å². The van der Waals surface area contributed by atoms with E-state index in [0.29, 0.717) is 46.2 Å². The summed E-state index contributed by atoms with van der Waals surface area (Å²) in [6, 6.07) is 50.4. The number of nitrogens with zero attached hydrogens (tertiary/aromatic N) is 10. The van der Waals surface area contributed by atoms with Gasteiger partial charge in [0.25, 0.3) is 0 Å². The second-order valence-corrected chi connectivity index (χ2v) is 16.4. The average molecular weight is 839 g/mol. The van der Waals surface area contributed by atoms with Gasteiger partial charge in [-0.15, -0.1) is 0 Å². The van der Waals surface area contributed by atoms with E-state index in [0.717, 1.165) is 93.9 Å². The molecule has 0 amide bonds. The Morgan fingerprint density at radius 1 is 0.446 bits per heavy atom. The number of aromatic nitrogens is 8. The van der Waals surface area contributed by atoms with Crippen LogP contribution in [0.1, 0.15) is 34.4 Å². The van der Waals surface area contributed by atoms with Crippen LogP contribution in [0.25, 0.3) is 105 Å². The van der Waals surface area contributed by atoms with Gasteiger partial charge in [-0.25, -0.2) is 34.7 Å². The van der Waals surface area contributed by atoms with Gasteiger partial charge in [-0.3, -0.25) is 0 Å². The molecular weight excluding hydrogens is 801 g/mol. The summed E-state index contributed by atoms with van der Waals surface area (Å²) in [5, 5.41) is 14.0. The number of para-hydroxylation sites is 2. The van der Waals surface area contributed by atoms with Gasteiger partial charge >= 0.3 is 0 Å². The monoisotopic (exact) mass is 838 g/mol. The van der Waals surface area contributed by atoms with E-state index in [1.165, 1.54) is 0 Å². The van der Waals surface area contributed by atoms with E-state index in [1.54, 1.807) is 0 Å². The first-order chi connectivity index (χ1) is 31.6. The molecule has 10 heteroatoms. The summed E-state index contributed by atoms with van der Waals surface area (Å²) in [6.45, 7) is 17.9. The number of fused-ring (bicyclic) bond motifs is 6. The van der Waals surface area contributed by atoms with Crippen LogP contribution in [0.3, 0.4) is 0 Å². The molecule has 10 nitrogen and oxygen atoms in total. The second kappa shape index (κ2) is 15.2. The largest absolute Gasteiger partial charge is 0.309 e. The highest BCUT2D eigenvalue weighted by Crippen LogP contribution is 2.44. The molecule has 0 fully saturated rings. The quantitative estimate of drug-likeness (QED) is 0.153. The third kappa shape index (κ3) is 6.55. The molecule has 0 spiro atoms. The zero-order valence-corrected chi connectivity index (χ0v) is 36.3. The highest BCUT2D eigenvalue weighted by molar-refractivity contribution is 6.13. The van der Waals surface area contributed by atoms with Crippen molar-refractivity contribution in [1.82, 2.24) is 39.0 Å². The van der Waals surface area contributed by atoms with Crippen LogP contribution < -0.4 is 0 Å². The van der Waals surface area contributed by atoms with Gasteiger partial charge in [0, 0.05) is 38.2 Å². The lowest BCUT2D eigenvalue weighted by Crippen LogP contribution is -2.02. The van der Waals surface area contributed by atoms with Crippen molar-refractivity contribution in [2.24, 2.45) is 0 Å². The van der Waals surface area contributed by atoms with Gasteiger partial charge in [0.05, 0.1) is 51.6 Å². The van der Waals surface area contributed by atoms with Crippen LogP contribution in [0, 0.1) is 52.5 Å². The Hall–Kier alpha value is -8.86. The molecule has 11 aromatic rings. The van der Waals surface area contributed by atoms with Crippen molar-refractivity contribution in [3.05, 3.63) is 185 Å². The molecule has 0 aliphatic carbocycles. The molecule has 4 aromatic heterocycles. The second-order valence-electron chi connectivity index (χ2n) is 16.4. The van der Waals surface area contributed by atoms with Crippen molar-refractivity contribution < 1.29 is 0 Å². The Kier molecular flexibility index (Phi) is 9.12. The summed E-state index contributed by atoms with van der Waals surface area (Å²) >= 11 is 0. The zero-order chi connectivity index (χ0) is 44.5. The van der Waals surface area contributed by atoms with E-state index >= 15 is 0 Å². The Bertz CT molecular complexity index is 3840. The number of benzene rings is 7. The number of rotatable bonds is 6. The fourth-order valence-electron chi connectivity index (χ4n) is 9.41. The first-order valence-electron chi connectivity index (χ1n) is 21.3. The first kappa shape index (κ1) is 39.0. The third-order valence-electron chi connectivity index (χ3n) is 12.1. The van der Waals surface area contributed by atoms with Crippen molar-refractivity contribution in [1.29, 1.82) is 5.26 Å². The minimum atomic E-state index is 0.521. The van der Waals surface area contributed by atoms with Gasteiger partial charge in [0.15, 0.2) is 17.3 Å². The first-order valence-corrected chi connectivity index (χ1v) is 21.3. The summed E-state index contributed by atoms with van der Waals surface area (Å²) in [7, 11) is 0. The van der Waals surface area contributed by atoms with Gasteiger partial charge < -0.3 is 9.13 Å². The predicted molar refractivity (Wildman–Crippen MR) is 258 cm³/mol. The van der Waals surface area contributed by atoms with Crippen molar-refractivity contribution in [3.63, 3.8) is 0 Å². The van der Waals surface area contributed by atoms with E-state index in [9.17, 15) is 5.26 Å². The van der Waals surface area contributed by atoms with E-state index < -0.39 is 0 Å². The molecule has 7 aromatic carbocycles. The topological polar surface area (TPSA) is 115 Å². The van der Waals surface area contributed by atoms with E-state index in [1.807, 2.05) is 65.0 Å². The molecular formula is C55H38N10. The minimum Gasteiger partial charge on any atom is -0.309 e. The van der Waals surface area contributed by atoms with Gasteiger partial charge in [-0.05, 0) is 142 Å². The van der Waals surface area contributed by atoms with Gasteiger partial charge in [0.2, 0.25) is 0 Å². The maximum atomic E-state index is 9.76. The summed E-state index contributed by atoms with van der Waals surface area (Å²) in [5.74, 6) is 3.95. The van der Waals surface area contributed by atoms with Crippen LogP contribution in [0.5, 0.6) is 0 Å². The van der Waals surface area contributed by atoms with Crippen molar-refractivity contribution in [2.75, 3.05) is 0 Å². The summed E-state index contributed by atoms with van der Waals surface area (Å²) in [4.78, 5) is 31.6. The van der Waals surface area contributed by atoms with Crippen molar-refractivity contribution in [2.45, 2.75) is 34.6 Å². The van der Waals surface area contributed by atoms with E-state index in [4.69, 9.17) is 26.5 Å². The fraction of sp³-hybridized carbons (Fsp3) is 0.0909. The molecule has 0 aliphatic heterocycles. The zero-order valence-electron chi connectivity index (χ0n) is 36.3. The predicted octanol–water partition coefficient (Wildman–Crippen LogP) is 12.9. The maximum Gasteiger partial charge on any atom is 0.188 e. The third-order valence-corrected chi connectivity index (χ3v) is 12.1. The fourth-order valence-corrected chi connectivity index (χ4v) is 9.41. The SMILES string of the molecule is [C-]#[N+]c1ccc(-n2c3ccccc3c3cc(-c4nc(C)nc(C)n4)ccc32)c(-c2cc(-c3ccc(C#N)cc3C)ccc2-n2c3ccccc3c3cc(-c4nc(C)nc(C)n4)ccc32)c1.